The normalized spacial score (nSPS) is 12.0. The Morgan fingerprint density at radius 1 is 1.19 bits per heavy atom. The summed E-state index contributed by atoms with van der Waals surface area (Å²) in [6.07, 6.45) is 1.84. The summed E-state index contributed by atoms with van der Waals surface area (Å²) in [5, 5.41) is 7.67. The minimum atomic E-state index is -0.941. The standard InChI is InChI=1S/C19H25N3O4/c1-4-6-9-12-22-18(24)15-11-8-7-10-14(15)16(21-22)19(25)26-13(3)17(23)20-5-2/h7-8,10-11,13H,4-6,9,12H2,1-3H3,(H,20,23)/t13-/m0/s1. The Hall–Kier alpha value is -2.70. The molecule has 26 heavy (non-hydrogen) atoms. The maximum Gasteiger partial charge on any atom is 0.360 e. The van der Waals surface area contributed by atoms with Gasteiger partial charge < -0.3 is 10.1 Å². The maximum absolute atomic E-state index is 12.6. The van der Waals surface area contributed by atoms with E-state index < -0.39 is 12.1 Å². The van der Waals surface area contributed by atoms with E-state index in [4.69, 9.17) is 4.74 Å². The third kappa shape index (κ3) is 4.47. The summed E-state index contributed by atoms with van der Waals surface area (Å²) in [7, 11) is 0. The number of ether oxygens (including phenoxy) is 1. The Balaban J connectivity index is 2.38. The van der Waals surface area contributed by atoms with Crippen LogP contribution >= 0.6 is 0 Å². The van der Waals surface area contributed by atoms with Gasteiger partial charge in [-0.25, -0.2) is 9.48 Å². The summed E-state index contributed by atoms with van der Waals surface area (Å²) in [6, 6.07) is 6.80. The molecule has 1 amide bonds. The largest absolute Gasteiger partial charge is 0.448 e. The molecule has 2 aromatic rings. The molecule has 0 aliphatic heterocycles. The smallest absolute Gasteiger partial charge is 0.360 e. The molecule has 0 aliphatic rings. The molecule has 1 aromatic carbocycles. The lowest BCUT2D eigenvalue weighted by atomic mass is 10.1. The minimum absolute atomic E-state index is 0.0489. The van der Waals surface area contributed by atoms with Crippen LogP contribution in [0.1, 0.15) is 50.5 Å². The van der Waals surface area contributed by atoms with Crippen molar-refractivity contribution in [2.75, 3.05) is 6.54 Å². The zero-order valence-corrected chi connectivity index (χ0v) is 15.4. The van der Waals surface area contributed by atoms with Gasteiger partial charge in [0.15, 0.2) is 11.8 Å². The summed E-state index contributed by atoms with van der Waals surface area (Å²) in [4.78, 5) is 37.0. The van der Waals surface area contributed by atoms with Gasteiger partial charge in [0, 0.05) is 18.5 Å². The molecule has 2 rings (SSSR count). The molecule has 1 N–H and O–H groups in total. The number of benzene rings is 1. The van der Waals surface area contributed by atoms with Gasteiger partial charge in [-0.05, 0) is 26.3 Å². The predicted octanol–water partition coefficient (Wildman–Crippen LogP) is 2.27. The Bertz CT molecular complexity index is 844. The highest BCUT2D eigenvalue weighted by Gasteiger charge is 2.22. The summed E-state index contributed by atoms with van der Waals surface area (Å²) in [6.45, 7) is 6.24. The van der Waals surface area contributed by atoms with Crippen molar-refractivity contribution >= 4 is 22.6 Å². The molecule has 1 atom stereocenters. The van der Waals surface area contributed by atoms with E-state index in [1.807, 2.05) is 0 Å². The number of unbranched alkanes of at least 4 members (excludes halogenated alkanes) is 2. The van der Waals surface area contributed by atoms with Gasteiger partial charge >= 0.3 is 5.97 Å². The predicted molar refractivity (Wildman–Crippen MR) is 99.1 cm³/mol. The monoisotopic (exact) mass is 359 g/mol. The number of hydrogen-bond acceptors (Lipinski definition) is 5. The Kier molecular flexibility index (Phi) is 6.89. The van der Waals surface area contributed by atoms with Crippen molar-refractivity contribution in [2.45, 2.75) is 52.7 Å². The molecular formula is C19H25N3O4. The molecule has 0 spiro atoms. The summed E-state index contributed by atoms with van der Waals surface area (Å²) in [5.74, 6) is -1.09. The molecule has 7 nitrogen and oxygen atoms in total. The van der Waals surface area contributed by atoms with Crippen molar-refractivity contribution < 1.29 is 14.3 Å². The first-order valence-corrected chi connectivity index (χ1v) is 8.98. The van der Waals surface area contributed by atoms with Crippen LogP contribution in [-0.4, -0.2) is 34.3 Å². The van der Waals surface area contributed by atoms with Crippen molar-refractivity contribution in [1.29, 1.82) is 0 Å². The fourth-order valence-corrected chi connectivity index (χ4v) is 2.64. The van der Waals surface area contributed by atoms with Gasteiger partial charge in [-0.1, -0.05) is 38.0 Å². The van der Waals surface area contributed by atoms with E-state index in [0.29, 0.717) is 23.9 Å². The van der Waals surface area contributed by atoms with E-state index in [1.165, 1.54) is 11.6 Å². The fourth-order valence-electron chi connectivity index (χ4n) is 2.64. The highest BCUT2D eigenvalue weighted by molar-refractivity contribution is 6.02. The number of fused-ring (bicyclic) bond motifs is 1. The number of amides is 1. The second-order valence-electron chi connectivity index (χ2n) is 6.07. The first-order valence-electron chi connectivity index (χ1n) is 8.98. The molecule has 0 fully saturated rings. The van der Waals surface area contributed by atoms with Crippen LogP contribution in [0.5, 0.6) is 0 Å². The van der Waals surface area contributed by atoms with Crippen molar-refractivity contribution in [3.8, 4) is 0 Å². The first kappa shape index (κ1) is 19.6. The zero-order chi connectivity index (χ0) is 19.1. The molecule has 0 saturated carbocycles. The Labute approximate surface area is 152 Å². The van der Waals surface area contributed by atoms with Gasteiger partial charge in [-0.3, -0.25) is 9.59 Å². The SMILES string of the molecule is CCCCCn1nc(C(=O)O[C@@H](C)C(=O)NCC)c2ccccc2c1=O. The minimum Gasteiger partial charge on any atom is -0.448 e. The first-order chi connectivity index (χ1) is 12.5. The molecule has 0 aliphatic carbocycles. The molecule has 0 radical (unpaired) electrons. The number of aryl methyl sites for hydroxylation is 1. The number of nitrogens with one attached hydrogen (secondary N) is 1. The lowest BCUT2D eigenvalue weighted by Gasteiger charge is -2.14. The van der Waals surface area contributed by atoms with Crippen LogP contribution in [0.2, 0.25) is 0 Å². The van der Waals surface area contributed by atoms with Gasteiger partial charge in [0.25, 0.3) is 11.5 Å². The van der Waals surface area contributed by atoms with E-state index in [0.717, 1.165) is 19.3 Å². The molecule has 0 unspecified atom stereocenters. The Morgan fingerprint density at radius 2 is 1.88 bits per heavy atom. The fraction of sp³-hybridized carbons (Fsp3) is 0.474. The molecular weight excluding hydrogens is 334 g/mol. The second-order valence-corrected chi connectivity index (χ2v) is 6.07. The van der Waals surface area contributed by atoms with E-state index >= 15 is 0 Å². The molecule has 1 heterocycles. The summed E-state index contributed by atoms with van der Waals surface area (Å²) < 4.78 is 6.56. The summed E-state index contributed by atoms with van der Waals surface area (Å²) >= 11 is 0. The molecule has 0 bridgehead atoms. The van der Waals surface area contributed by atoms with Gasteiger partial charge in [-0.2, -0.15) is 5.10 Å². The number of carbonyl (C=O) groups excluding carboxylic acids is 2. The number of hydrogen-bond donors (Lipinski definition) is 1. The van der Waals surface area contributed by atoms with E-state index in [-0.39, 0.29) is 17.2 Å². The quantitative estimate of drug-likeness (QED) is 0.577. The lowest BCUT2D eigenvalue weighted by Crippen LogP contribution is -2.36. The average molecular weight is 359 g/mol. The zero-order valence-electron chi connectivity index (χ0n) is 15.4. The third-order valence-corrected chi connectivity index (χ3v) is 4.04. The molecule has 0 saturated heterocycles. The number of rotatable bonds is 8. The third-order valence-electron chi connectivity index (χ3n) is 4.04. The van der Waals surface area contributed by atoms with E-state index in [1.54, 1.807) is 31.2 Å². The molecule has 140 valence electrons. The molecule has 1 aromatic heterocycles. The highest BCUT2D eigenvalue weighted by atomic mass is 16.5. The van der Waals surface area contributed by atoms with Gasteiger partial charge in [0.05, 0.1) is 5.39 Å². The maximum atomic E-state index is 12.6. The summed E-state index contributed by atoms with van der Waals surface area (Å²) in [5.41, 5.74) is -0.183. The van der Waals surface area contributed by atoms with Gasteiger partial charge in [-0.15, -0.1) is 0 Å². The van der Waals surface area contributed by atoms with Crippen LogP contribution < -0.4 is 10.9 Å². The van der Waals surface area contributed by atoms with Crippen LogP contribution in [0.4, 0.5) is 0 Å². The van der Waals surface area contributed by atoms with Crippen LogP contribution in [0.15, 0.2) is 29.1 Å². The number of aromatic nitrogens is 2. The Morgan fingerprint density at radius 3 is 2.54 bits per heavy atom. The van der Waals surface area contributed by atoms with E-state index in [9.17, 15) is 14.4 Å². The number of likely N-dealkylation sites (N-methyl/N-ethyl adjacent to an activating group) is 1. The van der Waals surface area contributed by atoms with Crippen molar-refractivity contribution in [2.24, 2.45) is 0 Å². The average Bonchev–Trinajstić information content (AvgIpc) is 2.64. The topological polar surface area (TPSA) is 90.3 Å². The van der Waals surface area contributed by atoms with Gasteiger partial charge in [0.1, 0.15) is 0 Å². The van der Waals surface area contributed by atoms with Crippen LogP contribution in [0, 0.1) is 0 Å². The highest BCUT2D eigenvalue weighted by Crippen LogP contribution is 2.15. The number of esters is 1. The van der Waals surface area contributed by atoms with Crippen molar-refractivity contribution in [3.05, 3.63) is 40.3 Å². The van der Waals surface area contributed by atoms with E-state index in [2.05, 4.69) is 17.3 Å². The van der Waals surface area contributed by atoms with Gasteiger partial charge in [0.2, 0.25) is 0 Å². The van der Waals surface area contributed by atoms with Crippen LogP contribution in [-0.2, 0) is 16.1 Å². The number of nitrogens with zero attached hydrogens (tertiary/aromatic N) is 2. The van der Waals surface area contributed by atoms with Crippen LogP contribution in [0.3, 0.4) is 0 Å². The molecule has 7 heteroatoms. The van der Waals surface area contributed by atoms with Crippen LogP contribution in [0.25, 0.3) is 10.8 Å². The van der Waals surface area contributed by atoms with Crippen molar-refractivity contribution in [1.82, 2.24) is 15.1 Å². The van der Waals surface area contributed by atoms with Crippen molar-refractivity contribution in [3.63, 3.8) is 0 Å². The lowest BCUT2D eigenvalue weighted by molar-refractivity contribution is -0.128. The number of carbonyl (C=O) groups is 2. The second kappa shape index (κ2) is 9.12.